The third-order valence-electron chi connectivity index (χ3n) is 7.89. The summed E-state index contributed by atoms with van der Waals surface area (Å²) >= 11 is 0. The molecule has 2 rings (SSSR count). The van der Waals surface area contributed by atoms with Gasteiger partial charge in [-0.2, -0.15) is 0 Å². The Morgan fingerprint density at radius 2 is 1.63 bits per heavy atom. The van der Waals surface area contributed by atoms with Gasteiger partial charge < -0.3 is 34.4 Å². The summed E-state index contributed by atoms with van der Waals surface area (Å²) in [6, 6.07) is -0.374. The van der Waals surface area contributed by atoms with Crippen LogP contribution < -0.4 is 0 Å². The molecule has 0 aromatic carbocycles. The zero-order chi connectivity index (χ0) is 26.7. The van der Waals surface area contributed by atoms with Crippen molar-refractivity contribution in [2.24, 2.45) is 23.7 Å². The van der Waals surface area contributed by atoms with Crippen LogP contribution in [0.25, 0.3) is 0 Å². The molecule has 0 saturated carbocycles. The van der Waals surface area contributed by atoms with Crippen LogP contribution in [-0.2, 0) is 19.0 Å². The van der Waals surface area contributed by atoms with Crippen LogP contribution in [0, 0.1) is 23.7 Å². The highest BCUT2D eigenvalue weighted by Gasteiger charge is 2.42. The highest BCUT2D eigenvalue weighted by Crippen LogP contribution is 2.34. The van der Waals surface area contributed by atoms with Gasteiger partial charge in [-0.25, -0.2) is 0 Å². The Morgan fingerprint density at radius 1 is 1.00 bits per heavy atom. The van der Waals surface area contributed by atoms with Crippen LogP contribution >= 0.6 is 0 Å². The van der Waals surface area contributed by atoms with E-state index in [1.54, 1.807) is 6.92 Å². The number of carbonyl (C=O) groups excluding carboxylic acids is 1. The third kappa shape index (κ3) is 8.64. The first kappa shape index (κ1) is 30.5. The fraction of sp³-hybridized carbons (Fsp3) is 0.963. The van der Waals surface area contributed by atoms with E-state index in [0.29, 0.717) is 25.3 Å². The molecule has 206 valence electrons. The standard InChI is InChI=1S/C27H51NO7/c1-16-10-19(4)34-22(11-16)35-23-18(3)13-26(7,31)12-17(2)14-28(9)21(6)24(29)27(8,32)15-33-25(30)20(23)5/h16-24,29,31-32H,10-15H2,1-9H3/t16-,17-,18-,19+,20-,21-,22+,23+,24-,26-,27-/m1/s1. The molecule has 0 spiro atoms. The summed E-state index contributed by atoms with van der Waals surface area (Å²) < 4.78 is 18.0. The Kier molecular flexibility index (Phi) is 10.6. The maximum atomic E-state index is 13.1. The Bertz CT molecular complexity index is 674. The van der Waals surface area contributed by atoms with Crippen molar-refractivity contribution in [2.75, 3.05) is 20.2 Å². The van der Waals surface area contributed by atoms with Crippen molar-refractivity contribution in [1.29, 1.82) is 0 Å². The lowest BCUT2D eigenvalue weighted by Crippen LogP contribution is -2.55. The number of aliphatic hydroxyl groups excluding tert-OH is 1. The summed E-state index contributed by atoms with van der Waals surface area (Å²) in [5.74, 6) is -0.709. The maximum absolute atomic E-state index is 13.1. The monoisotopic (exact) mass is 501 g/mol. The fourth-order valence-electron chi connectivity index (χ4n) is 6.06. The van der Waals surface area contributed by atoms with Gasteiger partial charge in [0.2, 0.25) is 0 Å². The summed E-state index contributed by atoms with van der Waals surface area (Å²) in [7, 11) is 1.89. The van der Waals surface area contributed by atoms with E-state index in [1.807, 2.05) is 39.6 Å². The molecule has 11 atom stereocenters. The second-order valence-corrected chi connectivity index (χ2v) is 12.4. The van der Waals surface area contributed by atoms with Crippen molar-refractivity contribution in [1.82, 2.24) is 4.90 Å². The lowest BCUT2D eigenvalue weighted by molar-refractivity contribution is -0.239. The van der Waals surface area contributed by atoms with Crippen molar-refractivity contribution < 1.29 is 34.3 Å². The summed E-state index contributed by atoms with van der Waals surface area (Å²) in [5, 5.41) is 33.1. The number of nitrogens with zero attached hydrogens (tertiary/aromatic N) is 1. The average molecular weight is 502 g/mol. The van der Waals surface area contributed by atoms with Gasteiger partial charge in [0.1, 0.15) is 18.3 Å². The molecule has 2 aliphatic heterocycles. The van der Waals surface area contributed by atoms with Crippen molar-refractivity contribution in [3.05, 3.63) is 0 Å². The molecule has 3 N–H and O–H groups in total. The van der Waals surface area contributed by atoms with Crippen molar-refractivity contribution in [3.8, 4) is 0 Å². The quantitative estimate of drug-likeness (QED) is 0.496. The zero-order valence-electron chi connectivity index (χ0n) is 23.4. The topological polar surface area (TPSA) is 109 Å². The molecule has 35 heavy (non-hydrogen) atoms. The molecule has 2 fully saturated rings. The second kappa shape index (κ2) is 12.2. The van der Waals surface area contributed by atoms with Crippen molar-refractivity contribution in [3.63, 3.8) is 0 Å². The molecule has 8 heteroatoms. The summed E-state index contributed by atoms with van der Waals surface area (Å²) in [5.41, 5.74) is -2.58. The summed E-state index contributed by atoms with van der Waals surface area (Å²) in [4.78, 5) is 15.1. The number of cyclic esters (lactones) is 1. The van der Waals surface area contributed by atoms with E-state index in [4.69, 9.17) is 14.2 Å². The molecule has 0 aromatic rings. The van der Waals surface area contributed by atoms with E-state index < -0.39 is 41.6 Å². The van der Waals surface area contributed by atoms with Gasteiger partial charge in [0.25, 0.3) is 0 Å². The van der Waals surface area contributed by atoms with Crippen LogP contribution in [-0.4, -0.2) is 88.2 Å². The van der Waals surface area contributed by atoms with E-state index in [0.717, 1.165) is 12.8 Å². The van der Waals surface area contributed by atoms with Gasteiger partial charge in [0, 0.05) is 19.0 Å². The predicted octanol–water partition coefficient (Wildman–Crippen LogP) is 2.96. The molecular formula is C27H51NO7. The van der Waals surface area contributed by atoms with Crippen molar-refractivity contribution >= 4 is 5.97 Å². The molecule has 2 heterocycles. The van der Waals surface area contributed by atoms with E-state index in [-0.39, 0.29) is 30.6 Å². The van der Waals surface area contributed by atoms with Crippen LogP contribution in [0.5, 0.6) is 0 Å². The van der Waals surface area contributed by atoms with Gasteiger partial charge in [-0.3, -0.25) is 4.79 Å². The Labute approximate surface area is 212 Å². The van der Waals surface area contributed by atoms with E-state index >= 15 is 0 Å². The molecule has 0 unspecified atom stereocenters. The lowest BCUT2D eigenvalue weighted by Gasteiger charge is -2.39. The third-order valence-corrected chi connectivity index (χ3v) is 7.89. The zero-order valence-corrected chi connectivity index (χ0v) is 23.4. The number of hydrogen-bond donors (Lipinski definition) is 3. The summed E-state index contributed by atoms with van der Waals surface area (Å²) in [6.45, 7) is 15.5. The van der Waals surface area contributed by atoms with Crippen LogP contribution in [0.15, 0.2) is 0 Å². The van der Waals surface area contributed by atoms with Crippen LogP contribution in [0.1, 0.15) is 81.1 Å². The first-order chi connectivity index (χ1) is 16.0. The first-order valence-electron chi connectivity index (χ1n) is 13.3. The minimum atomic E-state index is -1.61. The van der Waals surface area contributed by atoms with E-state index in [1.165, 1.54) is 6.92 Å². The van der Waals surface area contributed by atoms with Gasteiger partial charge in [-0.05, 0) is 78.7 Å². The minimum Gasteiger partial charge on any atom is -0.462 e. The van der Waals surface area contributed by atoms with Crippen LogP contribution in [0.3, 0.4) is 0 Å². The number of hydrogen-bond acceptors (Lipinski definition) is 8. The molecule has 2 aliphatic rings. The highest BCUT2D eigenvalue weighted by atomic mass is 16.7. The Balaban J connectivity index is 2.33. The maximum Gasteiger partial charge on any atom is 0.311 e. The van der Waals surface area contributed by atoms with Crippen LogP contribution in [0.4, 0.5) is 0 Å². The fourth-order valence-corrected chi connectivity index (χ4v) is 6.06. The molecule has 0 aromatic heterocycles. The molecule has 8 nitrogen and oxygen atoms in total. The van der Waals surface area contributed by atoms with Gasteiger partial charge in [-0.15, -0.1) is 0 Å². The normalized spacial score (nSPS) is 48.0. The number of likely N-dealkylation sites (N-methyl/N-ethyl adjacent to an activating group) is 1. The van der Waals surface area contributed by atoms with Crippen LogP contribution in [0.2, 0.25) is 0 Å². The number of esters is 1. The molecule has 0 bridgehead atoms. The first-order valence-corrected chi connectivity index (χ1v) is 13.3. The van der Waals surface area contributed by atoms with Gasteiger partial charge in [-0.1, -0.05) is 20.8 Å². The molecule has 0 amide bonds. The number of aliphatic hydroxyl groups is 3. The molecular weight excluding hydrogens is 450 g/mol. The number of rotatable bonds is 2. The second-order valence-electron chi connectivity index (χ2n) is 12.4. The SMILES string of the molecule is C[C@H]1C[C@H](O[C@H]2[C@H](C)C[C@](C)(O)C[C@@H](C)CN(C)[C@H](C)[C@@H](O)[C@](C)(O)COC(=O)[C@@H]2C)O[C@@H](C)C1. The number of carbonyl (C=O) groups is 1. The van der Waals surface area contributed by atoms with E-state index in [9.17, 15) is 20.1 Å². The van der Waals surface area contributed by atoms with Crippen molar-refractivity contribution in [2.45, 2.75) is 123 Å². The summed E-state index contributed by atoms with van der Waals surface area (Å²) in [6.07, 6.45) is 0.705. The number of ether oxygens (including phenoxy) is 3. The predicted molar refractivity (Wildman–Crippen MR) is 135 cm³/mol. The molecule has 0 radical (unpaired) electrons. The van der Waals surface area contributed by atoms with Gasteiger partial charge >= 0.3 is 5.97 Å². The average Bonchev–Trinajstić information content (AvgIpc) is 2.71. The van der Waals surface area contributed by atoms with Gasteiger partial charge in [0.15, 0.2) is 6.29 Å². The largest absolute Gasteiger partial charge is 0.462 e. The molecule has 0 aliphatic carbocycles. The van der Waals surface area contributed by atoms with Gasteiger partial charge in [0.05, 0.1) is 23.7 Å². The highest BCUT2D eigenvalue weighted by molar-refractivity contribution is 5.72. The lowest BCUT2D eigenvalue weighted by atomic mass is 9.80. The minimum absolute atomic E-state index is 0.0723. The molecule has 2 saturated heterocycles. The Hall–Kier alpha value is -0.770. The van der Waals surface area contributed by atoms with E-state index in [2.05, 4.69) is 13.8 Å². The smallest absolute Gasteiger partial charge is 0.311 e. The Morgan fingerprint density at radius 3 is 2.23 bits per heavy atom.